The number of carbonyl (C=O) groups excluding carboxylic acids is 2. The topological polar surface area (TPSA) is 63.6 Å². The third-order valence-electron chi connectivity index (χ3n) is 5.09. The Hall–Kier alpha value is -4.24. The lowest BCUT2D eigenvalue weighted by Gasteiger charge is -2.13. The summed E-state index contributed by atoms with van der Waals surface area (Å²) in [4.78, 5) is 25.4. The number of hydrogen-bond donors (Lipinski definition) is 1. The summed E-state index contributed by atoms with van der Waals surface area (Å²) in [5.74, 6) is 2.34. The lowest BCUT2D eigenvalue weighted by Crippen LogP contribution is -2.35. The number of aryl methyl sites for hydroxylation is 1. The van der Waals surface area contributed by atoms with Gasteiger partial charge in [0.2, 0.25) is 0 Å². The number of amides is 2. The molecule has 0 atom stereocenters. The summed E-state index contributed by atoms with van der Waals surface area (Å²) in [6.45, 7) is 4.15. The van der Waals surface area contributed by atoms with Crippen LogP contribution in [0.4, 0.5) is 5.69 Å². The van der Waals surface area contributed by atoms with Gasteiger partial charge < -0.3 is 9.30 Å². The molecule has 1 saturated heterocycles. The van der Waals surface area contributed by atoms with Crippen molar-refractivity contribution in [1.82, 2.24) is 9.99 Å². The van der Waals surface area contributed by atoms with Crippen LogP contribution in [-0.4, -0.2) is 23.0 Å². The maximum atomic E-state index is 12.9. The predicted octanol–water partition coefficient (Wildman–Crippen LogP) is 3.57. The summed E-state index contributed by atoms with van der Waals surface area (Å²) in [7, 11) is 0. The molecule has 154 valence electrons. The Morgan fingerprint density at radius 3 is 2.42 bits per heavy atom. The number of nitrogens with one attached hydrogen (secondary N) is 1. The van der Waals surface area contributed by atoms with Crippen molar-refractivity contribution in [3.05, 3.63) is 83.2 Å². The molecule has 6 heteroatoms. The van der Waals surface area contributed by atoms with Crippen LogP contribution in [0.15, 0.2) is 66.2 Å². The molecule has 4 rings (SSSR count). The fourth-order valence-electron chi connectivity index (χ4n) is 3.62. The molecule has 31 heavy (non-hydrogen) atoms. The van der Waals surface area contributed by atoms with Crippen LogP contribution in [0.25, 0.3) is 11.8 Å². The first-order valence-corrected chi connectivity index (χ1v) is 9.77. The summed E-state index contributed by atoms with van der Waals surface area (Å²) >= 11 is 0. The second-order valence-electron chi connectivity index (χ2n) is 7.12. The van der Waals surface area contributed by atoms with E-state index in [1.54, 1.807) is 18.2 Å². The Bertz CT molecular complexity index is 1220. The molecule has 0 radical (unpaired) electrons. The van der Waals surface area contributed by atoms with Gasteiger partial charge in [0.15, 0.2) is 0 Å². The van der Waals surface area contributed by atoms with Crippen LogP contribution in [0.2, 0.25) is 0 Å². The summed E-state index contributed by atoms with van der Waals surface area (Å²) in [5.41, 5.74) is 6.99. The van der Waals surface area contributed by atoms with E-state index < -0.39 is 5.91 Å². The molecule has 0 unspecified atom stereocenters. The molecule has 1 aliphatic heterocycles. The molecule has 6 nitrogen and oxygen atoms in total. The molecular formula is C25H21N3O3. The van der Waals surface area contributed by atoms with Crippen molar-refractivity contribution < 1.29 is 14.3 Å². The molecule has 2 heterocycles. The quantitative estimate of drug-likeness (QED) is 0.397. The normalized spacial score (nSPS) is 14.6. The molecule has 0 saturated carbocycles. The van der Waals surface area contributed by atoms with E-state index in [1.807, 2.05) is 62.4 Å². The second-order valence-corrected chi connectivity index (χ2v) is 7.12. The minimum Gasteiger partial charge on any atom is -0.481 e. The van der Waals surface area contributed by atoms with Crippen LogP contribution >= 0.6 is 0 Å². The molecule has 0 aliphatic carbocycles. The molecule has 1 aliphatic rings. The number of ether oxygens (including phenoxy) is 1. The predicted molar refractivity (Wildman–Crippen MR) is 120 cm³/mol. The van der Waals surface area contributed by atoms with Crippen molar-refractivity contribution in [3.8, 4) is 23.8 Å². The number of carbonyl (C=O) groups is 2. The minimum absolute atomic E-state index is 0.0992. The number of rotatable bonds is 5. The molecule has 1 fully saturated rings. The molecule has 2 amide bonds. The minimum atomic E-state index is -0.423. The lowest BCUT2D eigenvalue weighted by molar-refractivity contribution is -0.117. The van der Waals surface area contributed by atoms with Gasteiger partial charge in [-0.05, 0) is 68.0 Å². The maximum Gasteiger partial charge on any atom is 0.282 e. The molecule has 0 spiro atoms. The van der Waals surface area contributed by atoms with Gasteiger partial charge in [-0.2, -0.15) is 0 Å². The fourth-order valence-corrected chi connectivity index (χ4v) is 3.62. The van der Waals surface area contributed by atoms with Gasteiger partial charge in [-0.15, -0.1) is 6.42 Å². The third-order valence-corrected chi connectivity index (χ3v) is 5.09. The number of anilines is 1. The van der Waals surface area contributed by atoms with Crippen LogP contribution in [0.3, 0.4) is 0 Å². The van der Waals surface area contributed by atoms with E-state index in [1.165, 1.54) is 5.01 Å². The van der Waals surface area contributed by atoms with E-state index in [4.69, 9.17) is 11.2 Å². The van der Waals surface area contributed by atoms with Gasteiger partial charge in [0.1, 0.15) is 17.9 Å². The SMILES string of the molecule is C#CCOc1ccc(-n2c(C)cc(/C=C3/C(=O)NN(c4ccccc4)C3=O)c2C)cc1. The second kappa shape index (κ2) is 8.25. The highest BCUT2D eigenvalue weighted by molar-refractivity contribution is 6.31. The van der Waals surface area contributed by atoms with Gasteiger partial charge in [-0.25, -0.2) is 5.01 Å². The van der Waals surface area contributed by atoms with E-state index in [9.17, 15) is 9.59 Å². The van der Waals surface area contributed by atoms with Crippen LogP contribution in [-0.2, 0) is 9.59 Å². The summed E-state index contributed by atoms with van der Waals surface area (Å²) < 4.78 is 7.49. The zero-order valence-corrected chi connectivity index (χ0v) is 17.3. The van der Waals surface area contributed by atoms with Crippen molar-refractivity contribution in [3.63, 3.8) is 0 Å². The number of para-hydroxylation sites is 1. The van der Waals surface area contributed by atoms with Crippen molar-refractivity contribution >= 4 is 23.6 Å². The van der Waals surface area contributed by atoms with Crippen molar-refractivity contribution in [2.75, 3.05) is 11.6 Å². The van der Waals surface area contributed by atoms with Gasteiger partial charge in [0.05, 0.1) is 5.69 Å². The summed E-state index contributed by atoms with van der Waals surface area (Å²) in [6, 6.07) is 18.6. The number of terminal acetylenes is 1. The smallest absolute Gasteiger partial charge is 0.282 e. The van der Waals surface area contributed by atoms with Gasteiger partial charge in [-0.3, -0.25) is 15.0 Å². The van der Waals surface area contributed by atoms with E-state index in [2.05, 4.69) is 15.9 Å². The Balaban J connectivity index is 1.64. The molecule has 1 aromatic heterocycles. The standard InChI is InChI=1S/C25H21N3O3/c1-4-14-31-22-12-10-20(11-13-22)27-17(2)15-19(18(27)3)16-23-24(29)26-28(25(23)30)21-8-6-5-7-9-21/h1,5-13,15-16H,14H2,2-3H3,(H,26,29)/b23-16-. The maximum absolute atomic E-state index is 12.9. The number of nitrogens with zero attached hydrogens (tertiary/aromatic N) is 2. The number of hydrazine groups is 1. The highest BCUT2D eigenvalue weighted by atomic mass is 16.5. The average molecular weight is 411 g/mol. The van der Waals surface area contributed by atoms with Crippen molar-refractivity contribution in [2.24, 2.45) is 0 Å². The van der Waals surface area contributed by atoms with Gasteiger partial charge in [-0.1, -0.05) is 24.1 Å². The van der Waals surface area contributed by atoms with Gasteiger partial charge >= 0.3 is 0 Å². The summed E-state index contributed by atoms with van der Waals surface area (Å²) in [6.07, 6.45) is 6.87. The van der Waals surface area contributed by atoms with E-state index in [-0.39, 0.29) is 18.1 Å². The molecular weight excluding hydrogens is 390 g/mol. The Morgan fingerprint density at radius 1 is 1.03 bits per heavy atom. The third kappa shape index (κ3) is 3.81. The highest BCUT2D eigenvalue weighted by Crippen LogP contribution is 2.26. The summed E-state index contributed by atoms with van der Waals surface area (Å²) in [5, 5.41) is 1.27. The van der Waals surface area contributed by atoms with Crippen molar-refractivity contribution in [2.45, 2.75) is 13.8 Å². The largest absolute Gasteiger partial charge is 0.481 e. The Labute approximate surface area is 180 Å². The molecule has 3 aromatic rings. The Kier molecular flexibility index (Phi) is 5.33. The average Bonchev–Trinajstić information content (AvgIpc) is 3.23. The van der Waals surface area contributed by atoms with E-state index in [0.29, 0.717) is 11.4 Å². The highest BCUT2D eigenvalue weighted by Gasteiger charge is 2.34. The fraction of sp³-hybridized carbons (Fsp3) is 0.120. The number of benzene rings is 2. The first-order valence-electron chi connectivity index (χ1n) is 9.77. The number of aromatic nitrogens is 1. The van der Waals surface area contributed by atoms with Crippen molar-refractivity contribution in [1.29, 1.82) is 0 Å². The Morgan fingerprint density at radius 2 is 1.74 bits per heavy atom. The first-order chi connectivity index (χ1) is 15.0. The van der Waals surface area contributed by atoms with E-state index >= 15 is 0 Å². The lowest BCUT2D eigenvalue weighted by atomic mass is 10.1. The van der Waals surface area contributed by atoms with Crippen LogP contribution in [0.1, 0.15) is 17.0 Å². The molecule has 1 N–H and O–H groups in total. The van der Waals surface area contributed by atoms with Gasteiger partial charge in [0, 0.05) is 17.1 Å². The van der Waals surface area contributed by atoms with E-state index in [0.717, 1.165) is 22.6 Å². The molecule has 0 bridgehead atoms. The zero-order chi connectivity index (χ0) is 22.0. The van der Waals surface area contributed by atoms with Crippen LogP contribution < -0.4 is 15.2 Å². The molecule has 2 aromatic carbocycles. The monoisotopic (exact) mass is 411 g/mol. The van der Waals surface area contributed by atoms with Crippen LogP contribution in [0.5, 0.6) is 5.75 Å². The van der Waals surface area contributed by atoms with Crippen LogP contribution in [0, 0.1) is 26.2 Å². The first kappa shape index (κ1) is 20.0. The number of hydrogen-bond acceptors (Lipinski definition) is 3. The zero-order valence-electron chi connectivity index (χ0n) is 17.3. The van der Waals surface area contributed by atoms with Gasteiger partial charge in [0.25, 0.3) is 11.8 Å².